The minimum Gasteiger partial charge on any atom is -0.337 e. The Morgan fingerprint density at radius 3 is 2.53 bits per heavy atom. The van der Waals surface area contributed by atoms with Crippen LogP contribution in [0.1, 0.15) is 12.7 Å². The topological polar surface area (TPSA) is 56.8 Å². The Kier molecular flexibility index (Phi) is 3.37. The first-order valence-electron chi connectivity index (χ1n) is 5.57. The van der Waals surface area contributed by atoms with E-state index in [4.69, 9.17) is 0 Å². The smallest absolute Gasteiger partial charge is 0.337 e. The number of anilines is 1. The van der Waals surface area contributed by atoms with Gasteiger partial charge in [-0.05, 0) is 6.92 Å². The van der Waals surface area contributed by atoms with Crippen LogP contribution < -0.4 is 10.2 Å². The summed E-state index contributed by atoms with van der Waals surface area (Å²) >= 11 is 0. The van der Waals surface area contributed by atoms with E-state index in [-0.39, 0.29) is 12.0 Å². The van der Waals surface area contributed by atoms with Crippen LogP contribution in [0.15, 0.2) is 0 Å². The number of hydrogen-bond acceptors (Lipinski definition) is 4. The van der Waals surface area contributed by atoms with Crippen molar-refractivity contribution in [2.75, 3.05) is 24.5 Å². The van der Waals surface area contributed by atoms with Crippen molar-refractivity contribution in [2.24, 2.45) is 0 Å². The molecule has 0 spiro atoms. The Hall–Kier alpha value is -1.45. The van der Waals surface area contributed by atoms with Gasteiger partial charge in [0.05, 0.1) is 0 Å². The Bertz CT molecular complexity index is 442. The van der Waals surface area contributed by atoms with E-state index in [0.29, 0.717) is 19.6 Å². The fraction of sp³-hybridized carbons (Fsp3) is 0.778. The van der Waals surface area contributed by atoms with Crippen molar-refractivity contribution < 1.29 is 22.0 Å². The van der Waals surface area contributed by atoms with Gasteiger partial charge in [0.25, 0.3) is 0 Å². The largest absolute Gasteiger partial charge is 0.461 e. The van der Waals surface area contributed by atoms with Crippen LogP contribution >= 0.6 is 0 Å². The van der Waals surface area contributed by atoms with Crippen molar-refractivity contribution in [3.63, 3.8) is 0 Å². The van der Waals surface area contributed by atoms with E-state index in [2.05, 4.69) is 15.4 Å². The lowest BCUT2D eigenvalue weighted by atomic mass is 10.2. The quantitative estimate of drug-likeness (QED) is 0.803. The van der Waals surface area contributed by atoms with E-state index in [1.54, 1.807) is 10.00 Å². The van der Waals surface area contributed by atoms with Crippen LogP contribution in [0.4, 0.5) is 27.9 Å². The molecule has 1 fully saturated rings. The Balaban J connectivity index is 2.19. The van der Waals surface area contributed by atoms with Gasteiger partial charge in [0, 0.05) is 25.7 Å². The van der Waals surface area contributed by atoms with Crippen LogP contribution in [-0.4, -0.2) is 47.0 Å². The monoisotopic (exact) mass is 285 g/mol. The summed E-state index contributed by atoms with van der Waals surface area (Å²) in [6.45, 7) is 3.33. The summed E-state index contributed by atoms with van der Waals surface area (Å²) in [5.41, 5.74) is 0. The molecule has 0 radical (unpaired) electrons. The van der Waals surface area contributed by atoms with Crippen LogP contribution in [-0.2, 0) is 5.92 Å². The Labute approximate surface area is 105 Å². The van der Waals surface area contributed by atoms with Crippen LogP contribution in [0.2, 0.25) is 0 Å². The van der Waals surface area contributed by atoms with Crippen molar-refractivity contribution in [3.8, 4) is 0 Å². The summed E-state index contributed by atoms with van der Waals surface area (Å²) in [6, 6.07) is 0.0822. The lowest BCUT2D eigenvalue weighted by Gasteiger charge is -2.30. The summed E-state index contributed by atoms with van der Waals surface area (Å²) in [5, 5.41) is 8.22. The number of alkyl halides is 5. The fourth-order valence-electron chi connectivity index (χ4n) is 1.78. The molecule has 1 saturated heterocycles. The lowest BCUT2D eigenvalue weighted by molar-refractivity contribution is -0.292. The second-order valence-corrected chi connectivity index (χ2v) is 4.36. The van der Waals surface area contributed by atoms with E-state index in [0.717, 1.165) is 0 Å². The predicted molar refractivity (Wildman–Crippen MR) is 56.0 cm³/mol. The van der Waals surface area contributed by atoms with Gasteiger partial charge in [-0.15, -0.1) is 5.10 Å². The van der Waals surface area contributed by atoms with Gasteiger partial charge in [-0.25, -0.2) is 0 Å². The number of nitrogens with zero attached hydrogens (tertiary/aromatic N) is 3. The molecule has 1 aliphatic rings. The van der Waals surface area contributed by atoms with Crippen LogP contribution in [0, 0.1) is 0 Å². The van der Waals surface area contributed by atoms with Gasteiger partial charge in [-0.3, -0.25) is 5.10 Å². The summed E-state index contributed by atoms with van der Waals surface area (Å²) in [4.78, 5) is 4.82. The first-order chi connectivity index (χ1) is 8.72. The number of hydrogen-bond donors (Lipinski definition) is 2. The second-order valence-electron chi connectivity index (χ2n) is 4.36. The van der Waals surface area contributed by atoms with E-state index >= 15 is 0 Å². The number of piperazine rings is 1. The van der Waals surface area contributed by atoms with Gasteiger partial charge in [0.1, 0.15) is 0 Å². The maximum Gasteiger partial charge on any atom is 0.461 e. The Morgan fingerprint density at radius 1 is 1.26 bits per heavy atom. The average Bonchev–Trinajstić information content (AvgIpc) is 2.77. The van der Waals surface area contributed by atoms with E-state index in [1.807, 2.05) is 6.92 Å². The molecule has 19 heavy (non-hydrogen) atoms. The molecule has 1 atom stereocenters. The average molecular weight is 285 g/mol. The molecule has 5 nitrogen and oxygen atoms in total. The van der Waals surface area contributed by atoms with Crippen LogP contribution in [0.3, 0.4) is 0 Å². The van der Waals surface area contributed by atoms with Crippen molar-refractivity contribution >= 4 is 5.95 Å². The van der Waals surface area contributed by atoms with Gasteiger partial charge < -0.3 is 10.2 Å². The van der Waals surface area contributed by atoms with Gasteiger partial charge in [0.2, 0.25) is 11.8 Å². The molecule has 10 heteroatoms. The minimum absolute atomic E-state index is 0.0822. The molecule has 0 amide bonds. The highest BCUT2D eigenvalue weighted by Gasteiger charge is 2.61. The maximum atomic E-state index is 13.0. The van der Waals surface area contributed by atoms with Crippen molar-refractivity contribution in [3.05, 3.63) is 5.82 Å². The van der Waals surface area contributed by atoms with Gasteiger partial charge in [-0.2, -0.15) is 26.9 Å². The third kappa shape index (κ3) is 2.62. The van der Waals surface area contributed by atoms with Crippen LogP contribution in [0.5, 0.6) is 0 Å². The lowest BCUT2D eigenvalue weighted by Crippen LogP contribution is -2.49. The van der Waals surface area contributed by atoms with Gasteiger partial charge in [-0.1, -0.05) is 0 Å². The highest BCUT2D eigenvalue weighted by atomic mass is 19.4. The zero-order chi connectivity index (χ0) is 14.3. The number of aromatic nitrogens is 3. The molecule has 0 aromatic carbocycles. The fourth-order valence-corrected chi connectivity index (χ4v) is 1.78. The molecule has 1 aliphatic heterocycles. The number of nitrogens with one attached hydrogen (secondary N) is 2. The zero-order valence-electron chi connectivity index (χ0n) is 9.93. The molecule has 2 N–H and O–H groups in total. The molecule has 0 unspecified atom stereocenters. The SMILES string of the molecule is C[C@@H]1CN(c2n[nH]c(C(F)(F)C(F)(F)F)n2)CCN1. The molecule has 1 aromatic rings. The van der Waals surface area contributed by atoms with Crippen LogP contribution in [0.25, 0.3) is 0 Å². The summed E-state index contributed by atoms with van der Waals surface area (Å²) in [7, 11) is 0. The predicted octanol–water partition coefficient (Wildman–Crippen LogP) is 1.26. The number of halogens is 5. The summed E-state index contributed by atoms with van der Waals surface area (Å²) < 4.78 is 62.6. The van der Waals surface area contributed by atoms with E-state index < -0.39 is 17.9 Å². The highest BCUT2D eigenvalue weighted by Crippen LogP contribution is 2.42. The first-order valence-corrected chi connectivity index (χ1v) is 5.57. The number of aromatic amines is 1. The molecule has 108 valence electrons. The highest BCUT2D eigenvalue weighted by molar-refractivity contribution is 5.31. The van der Waals surface area contributed by atoms with Crippen molar-refractivity contribution in [1.82, 2.24) is 20.5 Å². The summed E-state index contributed by atoms with van der Waals surface area (Å²) in [6.07, 6.45) is -5.69. The normalized spacial score (nSPS) is 21.8. The molecule has 2 heterocycles. The molecule has 0 bridgehead atoms. The molecular weight excluding hydrogens is 273 g/mol. The number of H-pyrrole nitrogens is 1. The Morgan fingerprint density at radius 2 is 1.95 bits per heavy atom. The number of rotatable bonds is 2. The molecular formula is C9H12F5N5. The molecule has 2 rings (SSSR count). The zero-order valence-corrected chi connectivity index (χ0v) is 9.93. The first kappa shape index (κ1) is 14.0. The van der Waals surface area contributed by atoms with Gasteiger partial charge in [0.15, 0.2) is 0 Å². The second kappa shape index (κ2) is 4.58. The summed E-state index contributed by atoms with van der Waals surface area (Å²) in [5.74, 6) is -6.66. The third-order valence-corrected chi connectivity index (χ3v) is 2.78. The maximum absolute atomic E-state index is 13.0. The van der Waals surface area contributed by atoms with Gasteiger partial charge >= 0.3 is 12.1 Å². The van der Waals surface area contributed by atoms with E-state index in [1.165, 1.54) is 0 Å². The standard InChI is InChI=1S/C9H12F5N5/c1-5-4-19(3-2-15-5)7-16-6(17-18-7)8(10,11)9(12,13)14/h5,15H,2-4H2,1H3,(H,16,17,18)/t5-/m1/s1. The molecule has 0 saturated carbocycles. The van der Waals surface area contributed by atoms with Crippen molar-refractivity contribution in [1.29, 1.82) is 0 Å². The van der Waals surface area contributed by atoms with E-state index in [9.17, 15) is 22.0 Å². The third-order valence-electron chi connectivity index (χ3n) is 2.78. The molecule has 0 aliphatic carbocycles. The van der Waals surface area contributed by atoms with Crippen molar-refractivity contribution in [2.45, 2.75) is 25.1 Å². The molecule has 1 aromatic heterocycles. The minimum atomic E-state index is -5.69.